The van der Waals surface area contributed by atoms with Gasteiger partial charge in [0, 0.05) is 19.1 Å². The summed E-state index contributed by atoms with van der Waals surface area (Å²) in [5.74, 6) is 0.516. The summed E-state index contributed by atoms with van der Waals surface area (Å²) in [6.07, 6.45) is -0.0119. The molecule has 0 fully saturated rings. The second-order valence-corrected chi connectivity index (χ2v) is 6.71. The van der Waals surface area contributed by atoms with Gasteiger partial charge in [0.05, 0.1) is 23.3 Å². The first-order valence-electron chi connectivity index (χ1n) is 7.16. The summed E-state index contributed by atoms with van der Waals surface area (Å²) in [7, 11) is 1.65. The molecular weight excluding hydrogens is 288 g/mol. The third kappa shape index (κ3) is 4.61. The Balaban J connectivity index is 3.14. The highest BCUT2D eigenvalue weighted by Gasteiger charge is 2.25. The second-order valence-electron chi connectivity index (χ2n) is 5.69. The summed E-state index contributed by atoms with van der Waals surface area (Å²) < 4.78 is 10.9. The number of anilines is 2. The summed E-state index contributed by atoms with van der Waals surface area (Å²) >= 11 is 1.35. The molecule has 0 aliphatic carbocycles. The van der Waals surface area contributed by atoms with Crippen LogP contribution in [0.3, 0.4) is 0 Å². The number of nitrogens with one attached hydrogen (secondary N) is 1. The van der Waals surface area contributed by atoms with E-state index in [0.29, 0.717) is 22.9 Å². The average Bonchev–Trinajstić information content (AvgIpc) is 2.66. The van der Waals surface area contributed by atoms with E-state index in [1.807, 2.05) is 34.6 Å². The molecule has 0 radical (unpaired) electrons. The van der Waals surface area contributed by atoms with Crippen molar-refractivity contribution >= 4 is 27.8 Å². The molecule has 0 aliphatic heterocycles. The van der Waals surface area contributed by atoms with Crippen LogP contribution in [-0.4, -0.2) is 31.6 Å². The molecule has 0 aliphatic rings. The van der Waals surface area contributed by atoms with Crippen molar-refractivity contribution in [2.45, 2.75) is 46.8 Å². The van der Waals surface area contributed by atoms with E-state index in [0.717, 1.165) is 5.00 Å². The van der Waals surface area contributed by atoms with Gasteiger partial charge in [0.1, 0.15) is 5.00 Å². The van der Waals surface area contributed by atoms with Crippen molar-refractivity contribution in [1.82, 2.24) is 0 Å². The maximum Gasteiger partial charge on any atom is 0.177 e. The van der Waals surface area contributed by atoms with Gasteiger partial charge in [-0.25, -0.2) is 0 Å². The SMILES string of the molecule is COCC(C)Nc1sc(C(=O)C(C)C)c(N)c1OC(C)C. The molecule has 0 bridgehead atoms. The summed E-state index contributed by atoms with van der Waals surface area (Å²) in [6, 6.07) is 0.101. The van der Waals surface area contributed by atoms with Crippen LogP contribution in [0.2, 0.25) is 0 Å². The van der Waals surface area contributed by atoms with Crippen LogP contribution in [0.1, 0.15) is 44.3 Å². The summed E-state index contributed by atoms with van der Waals surface area (Å²) in [6.45, 7) is 10.2. The molecule has 6 heteroatoms. The van der Waals surface area contributed by atoms with E-state index < -0.39 is 0 Å². The Labute approximate surface area is 130 Å². The quantitative estimate of drug-likeness (QED) is 0.719. The minimum absolute atomic E-state index is 0.0119. The molecule has 21 heavy (non-hydrogen) atoms. The number of thiophene rings is 1. The van der Waals surface area contributed by atoms with Gasteiger partial charge < -0.3 is 20.5 Å². The molecular formula is C15H26N2O3S. The van der Waals surface area contributed by atoms with Crippen molar-refractivity contribution in [3.05, 3.63) is 4.88 Å². The minimum Gasteiger partial charge on any atom is -0.486 e. The minimum atomic E-state index is -0.0953. The number of nitrogen functional groups attached to an aromatic ring is 1. The lowest BCUT2D eigenvalue weighted by molar-refractivity contribution is 0.0944. The van der Waals surface area contributed by atoms with Crippen LogP contribution in [0, 0.1) is 5.92 Å². The largest absolute Gasteiger partial charge is 0.486 e. The van der Waals surface area contributed by atoms with Crippen LogP contribution < -0.4 is 15.8 Å². The molecule has 1 atom stereocenters. The fourth-order valence-corrected chi connectivity index (χ4v) is 3.09. The van der Waals surface area contributed by atoms with Crippen molar-refractivity contribution in [3.8, 4) is 5.75 Å². The zero-order valence-electron chi connectivity index (χ0n) is 13.6. The Morgan fingerprint density at radius 2 is 1.90 bits per heavy atom. The molecule has 0 saturated carbocycles. The summed E-state index contributed by atoms with van der Waals surface area (Å²) in [5, 5.41) is 4.09. The molecule has 3 N–H and O–H groups in total. The number of hydrogen-bond acceptors (Lipinski definition) is 6. The van der Waals surface area contributed by atoms with Gasteiger partial charge in [-0.3, -0.25) is 4.79 Å². The first kappa shape index (κ1) is 17.8. The monoisotopic (exact) mass is 314 g/mol. The number of Topliss-reactive ketones (excluding diaryl/α,β-unsaturated/α-hetero) is 1. The van der Waals surface area contributed by atoms with E-state index >= 15 is 0 Å². The summed E-state index contributed by atoms with van der Waals surface area (Å²) in [5.41, 5.74) is 6.56. The van der Waals surface area contributed by atoms with E-state index in [4.69, 9.17) is 15.2 Å². The number of ether oxygens (including phenoxy) is 2. The van der Waals surface area contributed by atoms with E-state index in [-0.39, 0.29) is 23.8 Å². The zero-order chi connectivity index (χ0) is 16.2. The zero-order valence-corrected chi connectivity index (χ0v) is 14.5. The van der Waals surface area contributed by atoms with Crippen molar-refractivity contribution in [1.29, 1.82) is 0 Å². The number of carbonyl (C=O) groups is 1. The van der Waals surface area contributed by atoms with E-state index in [2.05, 4.69) is 5.32 Å². The van der Waals surface area contributed by atoms with Gasteiger partial charge in [-0.05, 0) is 20.8 Å². The van der Waals surface area contributed by atoms with Crippen LogP contribution in [0.25, 0.3) is 0 Å². The van der Waals surface area contributed by atoms with Crippen LogP contribution in [-0.2, 0) is 4.74 Å². The van der Waals surface area contributed by atoms with Gasteiger partial charge in [0.2, 0.25) is 0 Å². The number of nitrogens with two attached hydrogens (primary N) is 1. The van der Waals surface area contributed by atoms with Crippen LogP contribution in [0.4, 0.5) is 10.7 Å². The fourth-order valence-electron chi connectivity index (χ4n) is 1.84. The molecule has 5 nitrogen and oxygen atoms in total. The van der Waals surface area contributed by atoms with Gasteiger partial charge >= 0.3 is 0 Å². The molecule has 1 unspecified atom stereocenters. The number of rotatable bonds is 8. The van der Waals surface area contributed by atoms with Gasteiger partial charge in [0.15, 0.2) is 11.5 Å². The third-order valence-electron chi connectivity index (χ3n) is 2.80. The Morgan fingerprint density at radius 3 is 2.38 bits per heavy atom. The van der Waals surface area contributed by atoms with Gasteiger partial charge in [-0.2, -0.15) is 0 Å². The average molecular weight is 314 g/mol. The smallest absolute Gasteiger partial charge is 0.177 e. The third-order valence-corrected chi connectivity index (χ3v) is 3.93. The van der Waals surface area contributed by atoms with E-state index in [1.54, 1.807) is 7.11 Å². The Hall–Kier alpha value is -1.27. The van der Waals surface area contributed by atoms with Crippen molar-refractivity contribution in [3.63, 3.8) is 0 Å². The highest BCUT2D eigenvalue weighted by Crippen LogP contribution is 2.44. The molecule has 120 valence electrons. The summed E-state index contributed by atoms with van der Waals surface area (Å²) in [4.78, 5) is 12.8. The topological polar surface area (TPSA) is 73.6 Å². The number of hydrogen-bond donors (Lipinski definition) is 2. The molecule has 0 spiro atoms. The van der Waals surface area contributed by atoms with Crippen molar-refractivity contribution in [2.24, 2.45) is 5.92 Å². The van der Waals surface area contributed by atoms with E-state index in [9.17, 15) is 4.79 Å². The molecule has 0 amide bonds. The van der Waals surface area contributed by atoms with Crippen LogP contribution >= 0.6 is 11.3 Å². The maximum absolute atomic E-state index is 12.3. The predicted octanol–water partition coefficient (Wildman–Crippen LogP) is 3.40. The van der Waals surface area contributed by atoms with Crippen molar-refractivity contribution in [2.75, 3.05) is 24.8 Å². The lowest BCUT2D eigenvalue weighted by Gasteiger charge is -2.16. The first-order chi connectivity index (χ1) is 9.77. The highest BCUT2D eigenvalue weighted by atomic mass is 32.1. The van der Waals surface area contributed by atoms with Crippen molar-refractivity contribution < 1.29 is 14.3 Å². The lowest BCUT2D eigenvalue weighted by Crippen LogP contribution is -2.21. The molecule has 1 rings (SSSR count). The van der Waals surface area contributed by atoms with Crippen LogP contribution in [0.15, 0.2) is 0 Å². The molecule has 1 aromatic rings. The highest BCUT2D eigenvalue weighted by molar-refractivity contribution is 7.19. The second kappa shape index (κ2) is 7.66. The van der Waals surface area contributed by atoms with Gasteiger partial charge in [0.25, 0.3) is 0 Å². The van der Waals surface area contributed by atoms with Gasteiger partial charge in [-0.1, -0.05) is 13.8 Å². The molecule has 0 aromatic carbocycles. The van der Waals surface area contributed by atoms with Gasteiger partial charge in [-0.15, -0.1) is 11.3 Å². The Bertz CT molecular complexity index is 484. The Kier molecular flexibility index (Phi) is 6.48. The molecule has 1 heterocycles. The van der Waals surface area contributed by atoms with E-state index in [1.165, 1.54) is 11.3 Å². The standard InChI is InChI=1S/C15H26N2O3S/c1-8(2)12(18)14-11(16)13(20-9(3)4)15(21-14)17-10(5)7-19-6/h8-10,17H,7,16H2,1-6H3. The van der Waals surface area contributed by atoms with Crippen LogP contribution in [0.5, 0.6) is 5.75 Å². The number of ketones is 1. The Morgan fingerprint density at radius 1 is 1.29 bits per heavy atom. The normalized spacial score (nSPS) is 12.8. The predicted molar refractivity (Wildman–Crippen MR) is 88.6 cm³/mol. The number of carbonyl (C=O) groups excluding carboxylic acids is 1. The first-order valence-corrected chi connectivity index (χ1v) is 7.98. The fraction of sp³-hybridized carbons (Fsp3) is 0.667. The molecule has 1 aromatic heterocycles. The number of methoxy groups -OCH3 is 1. The molecule has 0 saturated heterocycles. The maximum atomic E-state index is 12.3. The lowest BCUT2D eigenvalue weighted by atomic mass is 10.1.